The smallest absolute Gasteiger partial charge is 0.336 e. The lowest BCUT2D eigenvalue weighted by Gasteiger charge is -2.37. The standard InChI is InChI=1S/C21H26N8O3/c1-13-17(11-32-19(13)30)28-10-9-21(20(28)31)7-5-15(6-8-21)23-14(2)16-3-4-18(25-24-16)29-12-22-26-27-29/h3-4,12,14-15,23H,5-11H2,1-2H3/t14-,15?,21?/m0/s1. The highest BCUT2D eigenvalue weighted by Crippen LogP contribution is 2.46. The fraction of sp³-hybridized carbons (Fsp3) is 0.571. The maximum atomic E-state index is 13.3. The normalized spacial score (nSPS) is 26.8. The lowest BCUT2D eigenvalue weighted by Crippen LogP contribution is -2.42. The SMILES string of the molecule is CC1=C(N2CCC3(CCC(N[C@@H](C)c4ccc(-n5cnnn5)nn4)CC3)C2=O)COC1=O. The van der Waals surface area contributed by atoms with Gasteiger partial charge in [-0.3, -0.25) is 4.79 Å². The maximum Gasteiger partial charge on any atom is 0.336 e. The Kier molecular flexibility index (Phi) is 5.20. The third-order valence-corrected chi connectivity index (χ3v) is 7.04. The number of tetrazole rings is 1. The second kappa shape index (κ2) is 8.05. The number of nitrogens with zero attached hydrogens (tertiary/aromatic N) is 7. The summed E-state index contributed by atoms with van der Waals surface area (Å²) in [5.41, 5.74) is 1.84. The van der Waals surface area contributed by atoms with Crippen molar-refractivity contribution in [1.82, 2.24) is 40.6 Å². The fourth-order valence-corrected chi connectivity index (χ4v) is 5.02. The van der Waals surface area contributed by atoms with E-state index in [1.807, 2.05) is 12.1 Å². The van der Waals surface area contributed by atoms with Gasteiger partial charge in [0.1, 0.15) is 12.9 Å². The summed E-state index contributed by atoms with van der Waals surface area (Å²) < 4.78 is 6.57. The van der Waals surface area contributed by atoms with E-state index in [4.69, 9.17) is 4.74 Å². The quantitative estimate of drug-likeness (QED) is 0.682. The molecule has 5 rings (SSSR count). The summed E-state index contributed by atoms with van der Waals surface area (Å²) in [4.78, 5) is 26.8. The molecule has 1 N–H and O–H groups in total. The van der Waals surface area contributed by atoms with Crippen LogP contribution in [0.15, 0.2) is 29.7 Å². The number of amides is 1. The van der Waals surface area contributed by atoms with Crippen LogP contribution in [0.25, 0.3) is 5.82 Å². The van der Waals surface area contributed by atoms with Crippen LogP contribution in [0.1, 0.15) is 57.7 Å². The Morgan fingerprint density at radius 1 is 1.19 bits per heavy atom. The molecule has 0 aromatic carbocycles. The van der Waals surface area contributed by atoms with Crippen LogP contribution < -0.4 is 5.32 Å². The van der Waals surface area contributed by atoms with E-state index >= 15 is 0 Å². The molecule has 0 radical (unpaired) electrons. The van der Waals surface area contributed by atoms with Gasteiger partial charge >= 0.3 is 5.97 Å². The van der Waals surface area contributed by atoms with Crippen LogP contribution in [0.4, 0.5) is 0 Å². The number of esters is 1. The summed E-state index contributed by atoms with van der Waals surface area (Å²) >= 11 is 0. The molecule has 11 nitrogen and oxygen atoms in total. The maximum absolute atomic E-state index is 13.3. The van der Waals surface area contributed by atoms with Gasteiger partial charge in [0.15, 0.2) is 5.82 Å². The molecule has 1 atom stereocenters. The molecule has 3 aliphatic rings. The molecule has 2 aromatic rings. The zero-order chi connectivity index (χ0) is 22.3. The van der Waals surface area contributed by atoms with E-state index in [-0.39, 0.29) is 29.9 Å². The topological polar surface area (TPSA) is 128 Å². The van der Waals surface area contributed by atoms with Gasteiger partial charge in [-0.1, -0.05) is 0 Å². The number of hydrogen-bond acceptors (Lipinski definition) is 9. The average molecular weight is 438 g/mol. The summed E-state index contributed by atoms with van der Waals surface area (Å²) in [7, 11) is 0. The molecule has 11 heteroatoms. The average Bonchev–Trinajstić information content (AvgIpc) is 3.53. The van der Waals surface area contributed by atoms with Gasteiger partial charge in [0, 0.05) is 18.6 Å². The first kappa shape index (κ1) is 20.7. The highest BCUT2D eigenvalue weighted by atomic mass is 16.5. The molecule has 1 aliphatic carbocycles. The zero-order valence-electron chi connectivity index (χ0n) is 18.2. The third-order valence-electron chi connectivity index (χ3n) is 7.04. The van der Waals surface area contributed by atoms with E-state index in [9.17, 15) is 9.59 Å². The predicted octanol–water partition coefficient (Wildman–Crippen LogP) is 1.09. The first-order chi connectivity index (χ1) is 15.5. The number of cyclic esters (lactones) is 1. The second-order valence-electron chi connectivity index (χ2n) is 8.87. The molecule has 1 amide bonds. The summed E-state index contributed by atoms with van der Waals surface area (Å²) in [5, 5.41) is 23.2. The van der Waals surface area contributed by atoms with Crippen LogP contribution in [0.2, 0.25) is 0 Å². The van der Waals surface area contributed by atoms with Gasteiger partial charge in [-0.2, -0.15) is 9.78 Å². The monoisotopic (exact) mass is 438 g/mol. The highest BCUT2D eigenvalue weighted by Gasteiger charge is 2.50. The van der Waals surface area contributed by atoms with Crippen LogP contribution in [0, 0.1) is 5.41 Å². The van der Waals surface area contributed by atoms with Crippen molar-refractivity contribution in [2.45, 2.75) is 58.0 Å². The molecule has 4 heterocycles. The lowest BCUT2D eigenvalue weighted by molar-refractivity contribution is -0.138. The Morgan fingerprint density at radius 2 is 2.00 bits per heavy atom. The number of carbonyl (C=O) groups is 2. The number of likely N-dealkylation sites (tertiary alicyclic amines) is 1. The molecule has 0 bridgehead atoms. The molecular weight excluding hydrogens is 412 g/mol. The van der Waals surface area contributed by atoms with Crippen molar-refractivity contribution < 1.29 is 14.3 Å². The van der Waals surface area contributed by atoms with Crippen LogP contribution >= 0.6 is 0 Å². The number of nitrogens with one attached hydrogen (secondary N) is 1. The summed E-state index contributed by atoms with van der Waals surface area (Å²) in [6.45, 7) is 4.69. The minimum absolute atomic E-state index is 0.0368. The summed E-state index contributed by atoms with van der Waals surface area (Å²) in [6.07, 6.45) is 5.85. The Hall–Kier alpha value is -3.21. The zero-order valence-corrected chi connectivity index (χ0v) is 18.2. The first-order valence-electron chi connectivity index (χ1n) is 11.0. The van der Waals surface area contributed by atoms with Crippen LogP contribution in [0.3, 0.4) is 0 Å². The number of carbonyl (C=O) groups excluding carboxylic acids is 2. The molecule has 1 saturated carbocycles. The number of ether oxygens (including phenoxy) is 1. The van der Waals surface area contributed by atoms with E-state index in [2.05, 4.69) is 38.0 Å². The van der Waals surface area contributed by atoms with Gasteiger partial charge in [-0.25, -0.2) is 4.79 Å². The molecule has 32 heavy (non-hydrogen) atoms. The van der Waals surface area contributed by atoms with Crippen LogP contribution in [-0.4, -0.2) is 66.4 Å². The Bertz CT molecular complexity index is 1040. The van der Waals surface area contributed by atoms with Crippen molar-refractivity contribution in [2.24, 2.45) is 5.41 Å². The minimum atomic E-state index is -0.315. The van der Waals surface area contributed by atoms with Gasteiger partial charge in [0.25, 0.3) is 0 Å². The largest absolute Gasteiger partial charge is 0.456 e. The third kappa shape index (κ3) is 3.56. The Balaban J connectivity index is 1.18. The van der Waals surface area contributed by atoms with E-state index in [1.54, 1.807) is 11.8 Å². The summed E-state index contributed by atoms with van der Waals surface area (Å²) in [6, 6.07) is 4.11. The van der Waals surface area contributed by atoms with Crippen molar-refractivity contribution in [3.63, 3.8) is 0 Å². The van der Waals surface area contributed by atoms with E-state index in [1.165, 1.54) is 11.0 Å². The van der Waals surface area contributed by atoms with Crippen molar-refractivity contribution in [2.75, 3.05) is 13.2 Å². The number of hydrogen-bond donors (Lipinski definition) is 1. The number of aromatic nitrogens is 6. The Labute approximate surface area is 185 Å². The van der Waals surface area contributed by atoms with E-state index in [0.29, 0.717) is 24.0 Å². The lowest BCUT2D eigenvalue weighted by atomic mass is 9.71. The fourth-order valence-electron chi connectivity index (χ4n) is 5.02. The molecule has 2 aliphatic heterocycles. The molecular formula is C21H26N8O3. The van der Waals surface area contributed by atoms with Crippen molar-refractivity contribution >= 4 is 11.9 Å². The molecule has 168 valence electrons. The van der Waals surface area contributed by atoms with Crippen LogP contribution in [-0.2, 0) is 14.3 Å². The van der Waals surface area contributed by atoms with Gasteiger partial charge in [-0.15, -0.1) is 10.2 Å². The van der Waals surface area contributed by atoms with Gasteiger partial charge in [-0.05, 0) is 68.5 Å². The molecule has 1 saturated heterocycles. The second-order valence-corrected chi connectivity index (χ2v) is 8.87. The molecule has 1 spiro atoms. The van der Waals surface area contributed by atoms with Crippen molar-refractivity contribution in [3.05, 3.63) is 35.4 Å². The molecule has 2 aromatic heterocycles. The summed E-state index contributed by atoms with van der Waals surface area (Å²) in [5.74, 6) is 0.403. The molecule has 2 fully saturated rings. The molecule has 0 unspecified atom stereocenters. The van der Waals surface area contributed by atoms with Crippen molar-refractivity contribution in [3.8, 4) is 5.82 Å². The highest BCUT2D eigenvalue weighted by molar-refractivity contribution is 5.94. The minimum Gasteiger partial charge on any atom is -0.456 e. The number of rotatable bonds is 5. The Morgan fingerprint density at radius 3 is 2.62 bits per heavy atom. The van der Waals surface area contributed by atoms with E-state index < -0.39 is 0 Å². The van der Waals surface area contributed by atoms with Crippen molar-refractivity contribution in [1.29, 1.82) is 0 Å². The van der Waals surface area contributed by atoms with Gasteiger partial charge in [0.05, 0.1) is 22.4 Å². The van der Waals surface area contributed by atoms with Crippen LogP contribution in [0.5, 0.6) is 0 Å². The van der Waals surface area contributed by atoms with Gasteiger partial charge in [0.2, 0.25) is 5.91 Å². The van der Waals surface area contributed by atoms with Gasteiger partial charge < -0.3 is 15.0 Å². The predicted molar refractivity (Wildman–Crippen MR) is 111 cm³/mol. The van der Waals surface area contributed by atoms with E-state index in [0.717, 1.165) is 43.5 Å². The first-order valence-corrected chi connectivity index (χ1v) is 11.0.